The van der Waals surface area contributed by atoms with Crippen LogP contribution in [0.3, 0.4) is 0 Å². The molecule has 26 heavy (non-hydrogen) atoms. The molecule has 0 aromatic heterocycles. The Morgan fingerprint density at radius 3 is 2.46 bits per heavy atom. The van der Waals surface area contributed by atoms with Crippen LogP contribution in [0.25, 0.3) is 11.1 Å². The zero-order valence-electron chi connectivity index (χ0n) is 14.4. The average Bonchev–Trinajstić information content (AvgIpc) is 3.41. The summed E-state index contributed by atoms with van der Waals surface area (Å²) < 4.78 is 24.3. The Hall–Kier alpha value is -1.89. The summed E-state index contributed by atoms with van der Waals surface area (Å²) in [5.41, 5.74) is 10.1. The molecule has 0 bridgehead atoms. The van der Waals surface area contributed by atoms with Crippen LogP contribution in [0.2, 0.25) is 5.02 Å². The third-order valence-corrected chi connectivity index (χ3v) is 4.92. The molecule has 0 spiro atoms. The van der Waals surface area contributed by atoms with Crippen molar-refractivity contribution < 1.29 is 8.78 Å². The molecule has 0 unspecified atom stereocenters. The highest BCUT2D eigenvalue weighted by molar-refractivity contribution is 6.36. The van der Waals surface area contributed by atoms with Crippen molar-refractivity contribution in [3.63, 3.8) is 0 Å². The number of nitrogens with one attached hydrogen (secondary N) is 1. The van der Waals surface area contributed by atoms with Crippen molar-refractivity contribution in [2.75, 3.05) is 23.8 Å². The van der Waals surface area contributed by atoms with E-state index in [0.29, 0.717) is 23.2 Å². The van der Waals surface area contributed by atoms with Gasteiger partial charge in [-0.2, -0.15) is 0 Å². The van der Waals surface area contributed by atoms with Crippen LogP contribution in [0.4, 0.5) is 20.2 Å². The summed E-state index contributed by atoms with van der Waals surface area (Å²) in [4.78, 5) is 0. The molecule has 2 aromatic rings. The van der Waals surface area contributed by atoms with E-state index in [1.54, 1.807) is 5.01 Å². The Morgan fingerprint density at radius 1 is 1.15 bits per heavy atom. The molecule has 140 valence electrons. The molecule has 0 heterocycles. The number of alkyl halides is 2. The summed E-state index contributed by atoms with van der Waals surface area (Å²) in [6.07, 6.45) is 0.0622. The van der Waals surface area contributed by atoms with E-state index in [0.717, 1.165) is 28.9 Å². The van der Waals surface area contributed by atoms with Gasteiger partial charge in [-0.15, -0.1) is 0 Å². The Kier molecular flexibility index (Phi) is 5.96. The summed E-state index contributed by atoms with van der Waals surface area (Å²) in [5.74, 6) is 6.76. The monoisotopic (exact) mass is 380 g/mol. The van der Waals surface area contributed by atoms with E-state index in [1.807, 2.05) is 36.4 Å². The number of benzene rings is 2. The van der Waals surface area contributed by atoms with Gasteiger partial charge in [0.2, 0.25) is 0 Å². The van der Waals surface area contributed by atoms with E-state index in [-0.39, 0.29) is 6.54 Å². The molecule has 0 amide bonds. The van der Waals surface area contributed by atoms with Crippen LogP contribution in [0.15, 0.2) is 36.4 Å². The van der Waals surface area contributed by atoms with E-state index in [2.05, 4.69) is 5.32 Å². The van der Waals surface area contributed by atoms with E-state index >= 15 is 0 Å². The van der Waals surface area contributed by atoms with Crippen LogP contribution < -0.4 is 21.9 Å². The van der Waals surface area contributed by atoms with Crippen LogP contribution in [0, 0.1) is 5.92 Å². The molecule has 5 N–H and O–H groups in total. The standard InChI is InChI=1S/C19H23ClF2N4/c20-18-15(7-8-16(19(18)23)26(24)11-13-1-2-13)14-5-3-12(4-6-14)9-25-10-17(21)22/h3-8,13,17,25H,1-2,9-11,23-24H2. The Labute approximate surface area is 157 Å². The van der Waals surface area contributed by atoms with Gasteiger partial charge in [0.15, 0.2) is 0 Å². The second-order valence-corrected chi connectivity index (χ2v) is 7.05. The van der Waals surface area contributed by atoms with Crippen LogP contribution in [0.1, 0.15) is 18.4 Å². The van der Waals surface area contributed by atoms with Gasteiger partial charge in [0, 0.05) is 18.7 Å². The molecular weight excluding hydrogens is 358 g/mol. The maximum Gasteiger partial charge on any atom is 0.250 e. The molecule has 3 rings (SSSR count). The zero-order chi connectivity index (χ0) is 18.7. The van der Waals surface area contributed by atoms with Crippen molar-refractivity contribution in [3.8, 4) is 11.1 Å². The quantitative estimate of drug-likeness (QED) is 0.367. The van der Waals surface area contributed by atoms with Gasteiger partial charge in [0.05, 0.1) is 22.9 Å². The molecule has 2 aromatic carbocycles. The number of nitrogens with zero attached hydrogens (tertiary/aromatic N) is 1. The fourth-order valence-corrected chi connectivity index (χ4v) is 3.13. The lowest BCUT2D eigenvalue weighted by molar-refractivity contribution is 0.145. The lowest BCUT2D eigenvalue weighted by Crippen LogP contribution is -2.33. The van der Waals surface area contributed by atoms with Gasteiger partial charge in [-0.3, -0.25) is 0 Å². The average molecular weight is 381 g/mol. The minimum atomic E-state index is -2.35. The first-order valence-electron chi connectivity index (χ1n) is 8.64. The van der Waals surface area contributed by atoms with Gasteiger partial charge in [-0.1, -0.05) is 41.9 Å². The van der Waals surface area contributed by atoms with E-state index in [1.165, 1.54) is 12.8 Å². The van der Waals surface area contributed by atoms with Crippen LogP contribution in [-0.4, -0.2) is 19.5 Å². The number of halogens is 3. The topological polar surface area (TPSA) is 67.3 Å². The van der Waals surface area contributed by atoms with Gasteiger partial charge >= 0.3 is 0 Å². The number of hydrogen-bond acceptors (Lipinski definition) is 4. The third kappa shape index (κ3) is 4.63. The first kappa shape index (κ1) is 18.9. The number of nitrogens with two attached hydrogens (primary N) is 2. The van der Waals surface area contributed by atoms with Gasteiger partial charge in [0.25, 0.3) is 6.43 Å². The zero-order valence-corrected chi connectivity index (χ0v) is 15.1. The summed E-state index contributed by atoms with van der Waals surface area (Å²) in [7, 11) is 0. The van der Waals surface area contributed by atoms with Gasteiger partial charge in [-0.25, -0.2) is 14.6 Å². The molecule has 7 heteroatoms. The van der Waals surface area contributed by atoms with Gasteiger partial charge in [-0.05, 0) is 36.0 Å². The molecule has 0 radical (unpaired) electrons. The molecule has 1 aliphatic rings. The van der Waals surface area contributed by atoms with E-state index in [4.69, 9.17) is 23.2 Å². The van der Waals surface area contributed by atoms with E-state index in [9.17, 15) is 8.78 Å². The number of rotatable bonds is 8. The number of anilines is 2. The van der Waals surface area contributed by atoms with Gasteiger partial charge < -0.3 is 16.1 Å². The second-order valence-electron chi connectivity index (χ2n) is 6.67. The minimum absolute atomic E-state index is 0.317. The lowest BCUT2D eigenvalue weighted by Gasteiger charge is -2.22. The molecule has 1 fully saturated rings. The highest BCUT2D eigenvalue weighted by Gasteiger charge is 2.24. The lowest BCUT2D eigenvalue weighted by atomic mass is 10.0. The predicted molar refractivity (Wildman–Crippen MR) is 103 cm³/mol. The third-order valence-electron chi connectivity index (χ3n) is 4.51. The first-order chi connectivity index (χ1) is 12.5. The number of hydrazine groups is 1. The SMILES string of the molecule is Nc1c(N(N)CC2CC2)ccc(-c2ccc(CNCC(F)F)cc2)c1Cl. The van der Waals surface area contributed by atoms with Crippen molar-refractivity contribution in [3.05, 3.63) is 47.0 Å². The van der Waals surface area contributed by atoms with Crippen molar-refractivity contribution in [1.82, 2.24) is 5.32 Å². The Balaban J connectivity index is 1.73. The van der Waals surface area contributed by atoms with Crippen LogP contribution in [0.5, 0.6) is 0 Å². The highest BCUT2D eigenvalue weighted by atomic mass is 35.5. The van der Waals surface area contributed by atoms with Crippen LogP contribution >= 0.6 is 11.6 Å². The highest BCUT2D eigenvalue weighted by Crippen LogP contribution is 2.39. The smallest absolute Gasteiger partial charge is 0.250 e. The fourth-order valence-electron chi connectivity index (χ4n) is 2.86. The molecule has 0 saturated heterocycles. The van der Waals surface area contributed by atoms with Crippen molar-refractivity contribution in [1.29, 1.82) is 0 Å². The summed E-state index contributed by atoms with van der Waals surface area (Å²) >= 11 is 6.48. The minimum Gasteiger partial charge on any atom is -0.396 e. The largest absolute Gasteiger partial charge is 0.396 e. The summed E-state index contributed by atoms with van der Waals surface area (Å²) in [5, 5.41) is 4.84. The molecule has 1 aliphatic carbocycles. The summed E-state index contributed by atoms with van der Waals surface area (Å²) in [6, 6.07) is 11.4. The Bertz CT molecular complexity index is 748. The summed E-state index contributed by atoms with van der Waals surface area (Å²) in [6.45, 7) is 0.852. The molecule has 1 saturated carbocycles. The molecule has 0 aliphatic heterocycles. The number of nitrogen functional groups attached to an aromatic ring is 1. The van der Waals surface area contributed by atoms with Crippen molar-refractivity contribution in [2.45, 2.75) is 25.8 Å². The van der Waals surface area contributed by atoms with Crippen molar-refractivity contribution >= 4 is 23.0 Å². The van der Waals surface area contributed by atoms with Gasteiger partial charge in [0.1, 0.15) is 0 Å². The first-order valence-corrected chi connectivity index (χ1v) is 9.02. The fraction of sp³-hybridized carbons (Fsp3) is 0.368. The maximum atomic E-state index is 12.2. The molecule has 4 nitrogen and oxygen atoms in total. The maximum absolute atomic E-state index is 12.2. The molecule has 0 atom stereocenters. The second kappa shape index (κ2) is 8.20. The normalized spacial score (nSPS) is 14.0. The Morgan fingerprint density at radius 2 is 1.85 bits per heavy atom. The number of hydrogen-bond donors (Lipinski definition) is 3. The molecular formula is C19H23ClF2N4. The van der Waals surface area contributed by atoms with E-state index < -0.39 is 6.43 Å². The predicted octanol–water partition coefficient (Wildman–Crippen LogP) is 4.03. The van der Waals surface area contributed by atoms with Crippen molar-refractivity contribution in [2.24, 2.45) is 11.8 Å². The van der Waals surface area contributed by atoms with Crippen LogP contribution in [-0.2, 0) is 6.54 Å².